The summed E-state index contributed by atoms with van der Waals surface area (Å²) in [7, 11) is 0. The number of carbonyl (C=O) groups is 1. The Morgan fingerprint density at radius 2 is 1.93 bits per heavy atom. The number of hydrogen-bond acceptors (Lipinski definition) is 3. The van der Waals surface area contributed by atoms with Gasteiger partial charge < -0.3 is 15.0 Å². The van der Waals surface area contributed by atoms with Crippen LogP contribution in [0.5, 0.6) is 0 Å². The van der Waals surface area contributed by atoms with Crippen molar-refractivity contribution in [2.24, 2.45) is 0 Å². The minimum atomic E-state index is -0.220. The second kappa shape index (κ2) is 6.43. The van der Waals surface area contributed by atoms with Gasteiger partial charge in [0.05, 0.1) is 23.6 Å². The summed E-state index contributed by atoms with van der Waals surface area (Å²) in [6, 6.07) is 14.2. The number of anilines is 2. The average molecular weight is 384 g/mol. The predicted molar refractivity (Wildman–Crippen MR) is 106 cm³/mol. The number of likely N-dealkylation sites (tertiary alicyclic amines) is 1. The molecule has 140 valence electrons. The number of nitrogens with zero attached hydrogens (tertiary/aromatic N) is 2. The van der Waals surface area contributed by atoms with E-state index in [1.165, 1.54) is 11.1 Å². The summed E-state index contributed by atoms with van der Waals surface area (Å²) in [6.07, 6.45) is 1.69. The molecule has 0 unspecified atom stereocenters. The number of fused-ring (bicyclic) bond motifs is 3. The maximum atomic E-state index is 13.2. The SMILES string of the molecule is O=C(N1CCC2(CC1)OCc1ccccc12)N1CCNc2cc(Cl)ccc21. The van der Waals surface area contributed by atoms with Crippen molar-refractivity contribution in [1.82, 2.24) is 4.90 Å². The van der Waals surface area contributed by atoms with Gasteiger partial charge in [-0.2, -0.15) is 0 Å². The predicted octanol–water partition coefficient (Wildman–Crippen LogP) is 4.21. The minimum absolute atomic E-state index is 0.0706. The van der Waals surface area contributed by atoms with E-state index < -0.39 is 0 Å². The molecule has 5 rings (SSSR count). The van der Waals surface area contributed by atoms with Crippen LogP contribution in [-0.2, 0) is 16.9 Å². The van der Waals surface area contributed by atoms with Gasteiger partial charge in [-0.05, 0) is 42.2 Å². The highest BCUT2D eigenvalue weighted by atomic mass is 35.5. The van der Waals surface area contributed by atoms with E-state index in [1.807, 2.05) is 28.0 Å². The molecule has 6 heteroatoms. The molecule has 3 aliphatic rings. The first-order valence-electron chi connectivity index (χ1n) is 9.49. The fourth-order valence-corrected chi connectivity index (χ4v) is 4.71. The Bertz CT molecular complexity index is 893. The molecule has 0 aliphatic carbocycles. The summed E-state index contributed by atoms with van der Waals surface area (Å²) in [4.78, 5) is 17.0. The van der Waals surface area contributed by atoms with Gasteiger partial charge in [0, 0.05) is 31.2 Å². The molecule has 2 aromatic rings. The Morgan fingerprint density at radius 1 is 1.11 bits per heavy atom. The van der Waals surface area contributed by atoms with Crippen LogP contribution in [0.15, 0.2) is 42.5 Å². The first-order valence-corrected chi connectivity index (χ1v) is 9.86. The second-order valence-corrected chi connectivity index (χ2v) is 7.89. The summed E-state index contributed by atoms with van der Waals surface area (Å²) >= 11 is 6.10. The zero-order valence-corrected chi connectivity index (χ0v) is 15.8. The third-order valence-corrected chi connectivity index (χ3v) is 6.22. The number of halogens is 1. The normalized spacial score (nSPS) is 20.2. The molecule has 27 heavy (non-hydrogen) atoms. The molecule has 5 nitrogen and oxygen atoms in total. The van der Waals surface area contributed by atoms with Crippen molar-refractivity contribution in [3.05, 3.63) is 58.6 Å². The number of rotatable bonds is 0. The highest BCUT2D eigenvalue weighted by Gasteiger charge is 2.43. The van der Waals surface area contributed by atoms with Crippen molar-refractivity contribution in [3.8, 4) is 0 Å². The lowest BCUT2D eigenvalue weighted by Crippen LogP contribution is -2.52. The standard InChI is InChI=1S/C21H22ClN3O2/c22-16-5-6-19-18(13-16)23-9-12-25(19)20(26)24-10-7-21(8-11-24)17-4-2-1-3-15(17)14-27-21/h1-6,13,23H,7-12,14H2. The molecule has 0 atom stereocenters. The van der Waals surface area contributed by atoms with E-state index in [2.05, 4.69) is 29.6 Å². The maximum Gasteiger partial charge on any atom is 0.324 e. The molecule has 2 amide bonds. The molecule has 0 saturated carbocycles. The van der Waals surface area contributed by atoms with Crippen molar-refractivity contribution in [2.75, 3.05) is 36.4 Å². The Balaban J connectivity index is 1.33. The summed E-state index contributed by atoms with van der Waals surface area (Å²) in [5.74, 6) is 0. The van der Waals surface area contributed by atoms with Crippen molar-refractivity contribution < 1.29 is 9.53 Å². The molecule has 0 bridgehead atoms. The number of ether oxygens (including phenoxy) is 1. The Morgan fingerprint density at radius 3 is 2.78 bits per heavy atom. The molecule has 1 spiro atoms. The van der Waals surface area contributed by atoms with E-state index in [0.717, 1.165) is 30.8 Å². The number of urea groups is 1. The molecule has 1 N–H and O–H groups in total. The van der Waals surface area contributed by atoms with Gasteiger partial charge in [0.15, 0.2) is 0 Å². The first-order chi connectivity index (χ1) is 13.2. The fourth-order valence-electron chi connectivity index (χ4n) is 4.53. The van der Waals surface area contributed by atoms with Gasteiger partial charge in [-0.25, -0.2) is 4.79 Å². The van der Waals surface area contributed by atoms with Crippen molar-refractivity contribution in [2.45, 2.75) is 25.0 Å². The number of carbonyl (C=O) groups excluding carboxylic acids is 1. The van der Waals surface area contributed by atoms with E-state index in [4.69, 9.17) is 16.3 Å². The highest BCUT2D eigenvalue weighted by Crippen LogP contribution is 2.44. The van der Waals surface area contributed by atoms with E-state index in [0.29, 0.717) is 31.3 Å². The van der Waals surface area contributed by atoms with Crippen LogP contribution in [0.25, 0.3) is 0 Å². The van der Waals surface area contributed by atoms with Gasteiger partial charge in [0.1, 0.15) is 0 Å². The minimum Gasteiger partial charge on any atom is -0.382 e. The number of hydrogen-bond donors (Lipinski definition) is 1. The summed E-state index contributed by atoms with van der Waals surface area (Å²) in [6.45, 7) is 3.48. The van der Waals surface area contributed by atoms with Crippen LogP contribution in [0, 0.1) is 0 Å². The van der Waals surface area contributed by atoms with Crippen LogP contribution in [0.2, 0.25) is 5.02 Å². The van der Waals surface area contributed by atoms with Crippen LogP contribution in [-0.4, -0.2) is 37.1 Å². The lowest BCUT2D eigenvalue weighted by atomic mass is 9.84. The van der Waals surface area contributed by atoms with Gasteiger partial charge in [0.25, 0.3) is 0 Å². The van der Waals surface area contributed by atoms with Crippen LogP contribution >= 0.6 is 11.6 Å². The molecular weight excluding hydrogens is 362 g/mol. The van der Waals surface area contributed by atoms with Crippen LogP contribution in [0.3, 0.4) is 0 Å². The zero-order valence-electron chi connectivity index (χ0n) is 15.1. The molecular formula is C21H22ClN3O2. The van der Waals surface area contributed by atoms with Crippen LogP contribution in [0.1, 0.15) is 24.0 Å². The topological polar surface area (TPSA) is 44.8 Å². The number of benzene rings is 2. The molecule has 1 saturated heterocycles. The smallest absolute Gasteiger partial charge is 0.324 e. The van der Waals surface area contributed by atoms with E-state index in [9.17, 15) is 4.79 Å². The van der Waals surface area contributed by atoms with Gasteiger partial charge in [0.2, 0.25) is 0 Å². The lowest BCUT2D eigenvalue weighted by molar-refractivity contribution is -0.0725. The van der Waals surface area contributed by atoms with Crippen LogP contribution < -0.4 is 10.2 Å². The van der Waals surface area contributed by atoms with Crippen molar-refractivity contribution >= 4 is 29.0 Å². The molecule has 3 aliphatic heterocycles. The van der Waals surface area contributed by atoms with E-state index in [-0.39, 0.29) is 11.6 Å². The zero-order chi connectivity index (χ0) is 18.4. The summed E-state index contributed by atoms with van der Waals surface area (Å²) < 4.78 is 6.22. The number of amides is 2. The molecule has 1 fully saturated rings. The highest BCUT2D eigenvalue weighted by molar-refractivity contribution is 6.31. The first kappa shape index (κ1) is 16.9. The molecule has 0 radical (unpaired) electrons. The number of piperidine rings is 1. The van der Waals surface area contributed by atoms with Gasteiger partial charge in [-0.3, -0.25) is 4.90 Å². The van der Waals surface area contributed by atoms with Gasteiger partial charge in [-0.1, -0.05) is 35.9 Å². The molecule has 2 aromatic carbocycles. The fraction of sp³-hybridized carbons (Fsp3) is 0.381. The Hall–Kier alpha value is -2.24. The average Bonchev–Trinajstić information content (AvgIpc) is 3.06. The van der Waals surface area contributed by atoms with Crippen LogP contribution in [0.4, 0.5) is 16.2 Å². The summed E-state index contributed by atoms with van der Waals surface area (Å²) in [5, 5.41) is 4.00. The van der Waals surface area contributed by atoms with Crippen molar-refractivity contribution in [3.63, 3.8) is 0 Å². The number of nitrogens with one attached hydrogen (secondary N) is 1. The van der Waals surface area contributed by atoms with Gasteiger partial charge >= 0.3 is 6.03 Å². The summed E-state index contributed by atoms with van der Waals surface area (Å²) in [5.41, 5.74) is 4.19. The van der Waals surface area contributed by atoms with E-state index >= 15 is 0 Å². The Kier molecular flexibility index (Phi) is 4.02. The largest absolute Gasteiger partial charge is 0.382 e. The van der Waals surface area contributed by atoms with Gasteiger partial charge in [-0.15, -0.1) is 0 Å². The Labute approximate surface area is 163 Å². The maximum absolute atomic E-state index is 13.2. The lowest BCUT2D eigenvalue weighted by Gasteiger charge is -2.42. The molecule has 0 aromatic heterocycles. The van der Waals surface area contributed by atoms with Crippen molar-refractivity contribution in [1.29, 1.82) is 0 Å². The quantitative estimate of drug-likeness (QED) is 0.741. The third kappa shape index (κ3) is 2.77. The monoisotopic (exact) mass is 383 g/mol. The third-order valence-electron chi connectivity index (χ3n) is 5.98. The second-order valence-electron chi connectivity index (χ2n) is 7.45. The molecule has 3 heterocycles. The van der Waals surface area contributed by atoms with E-state index in [1.54, 1.807) is 0 Å².